The highest BCUT2D eigenvalue weighted by atomic mass is 19.1. The molecule has 4 nitrogen and oxygen atoms in total. The molecule has 2 N–H and O–H groups in total. The van der Waals surface area contributed by atoms with Crippen molar-refractivity contribution in [1.82, 2.24) is 0 Å². The molecule has 3 aromatic rings. The van der Waals surface area contributed by atoms with Gasteiger partial charge in [-0.05, 0) is 73.2 Å². The number of ether oxygens (including phenoxy) is 1. The second-order valence-corrected chi connectivity index (χ2v) is 6.01. The summed E-state index contributed by atoms with van der Waals surface area (Å²) >= 11 is 0. The molecule has 1 amide bonds. The third kappa shape index (κ3) is 5.57. The lowest BCUT2D eigenvalue weighted by atomic mass is 10.1. The lowest BCUT2D eigenvalue weighted by molar-refractivity contribution is -0.115. The standard InChI is InChI=1S/C22H21FN2O2/c1-2-27-21-13-11-19(12-14-21)24-18-7-9-20(10-8-18)25-22(26)15-16-3-5-17(23)6-4-16/h3-14,24H,2,15H2,1H3,(H,25,26). The van der Waals surface area contributed by atoms with Crippen LogP contribution in [0.5, 0.6) is 5.75 Å². The number of carbonyl (C=O) groups is 1. The number of anilines is 3. The predicted molar refractivity (Wildman–Crippen MR) is 106 cm³/mol. The normalized spacial score (nSPS) is 10.3. The van der Waals surface area contributed by atoms with Crippen LogP contribution in [0.2, 0.25) is 0 Å². The average molecular weight is 364 g/mol. The number of halogens is 1. The highest BCUT2D eigenvalue weighted by Crippen LogP contribution is 2.21. The zero-order valence-electron chi connectivity index (χ0n) is 15.0. The maximum absolute atomic E-state index is 12.9. The Balaban J connectivity index is 1.54. The smallest absolute Gasteiger partial charge is 0.228 e. The fourth-order valence-corrected chi connectivity index (χ4v) is 2.60. The molecule has 3 aromatic carbocycles. The van der Waals surface area contributed by atoms with E-state index in [2.05, 4.69) is 10.6 Å². The average Bonchev–Trinajstić information content (AvgIpc) is 2.67. The van der Waals surface area contributed by atoms with Crippen molar-refractivity contribution in [3.8, 4) is 5.75 Å². The van der Waals surface area contributed by atoms with E-state index in [9.17, 15) is 9.18 Å². The fourth-order valence-electron chi connectivity index (χ4n) is 2.60. The van der Waals surface area contributed by atoms with E-state index in [0.717, 1.165) is 22.7 Å². The summed E-state index contributed by atoms with van der Waals surface area (Å²) in [7, 11) is 0. The van der Waals surface area contributed by atoms with Crippen LogP contribution in [-0.4, -0.2) is 12.5 Å². The second kappa shape index (κ2) is 8.85. The van der Waals surface area contributed by atoms with Crippen molar-refractivity contribution < 1.29 is 13.9 Å². The van der Waals surface area contributed by atoms with Gasteiger partial charge < -0.3 is 15.4 Å². The van der Waals surface area contributed by atoms with Crippen molar-refractivity contribution in [2.75, 3.05) is 17.2 Å². The Morgan fingerprint density at radius 2 is 1.41 bits per heavy atom. The highest BCUT2D eigenvalue weighted by molar-refractivity contribution is 5.92. The van der Waals surface area contributed by atoms with Gasteiger partial charge >= 0.3 is 0 Å². The number of nitrogens with one attached hydrogen (secondary N) is 2. The molecule has 0 saturated carbocycles. The van der Waals surface area contributed by atoms with Gasteiger partial charge in [0.2, 0.25) is 5.91 Å². The van der Waals surface area contributed by atoms with Gasteiger partial charge in [-0.3, -0.25) is 4.79 Å². The van der Waals surface area contributed by atoms with Crippen LogP contribution in [0.3, 0.4) is 0 Å². The minimum Gasteiger partial charge on any atom is -0.494 e. The Kier molecular flexibility index (Phi) is 6.05. The Labute approximate surface area is 158 Å². The van der Waals surface area contributed by atoms with E-state index in [1.54, 1.807) is 12.1 Å². The molecule has 0 aliphatic heterocycles. The summed E-state index contributed by atoms with van der Waals surface area (Å²) in [5.74, 6) is 0.380. The summed E-state index contributed by atoms with van der Waals surface area (Å²) in [4.78, 5) is 12.1. The van der Waals surface area contributed by atoms with Crippen molar-refractivity contribution in [3.63, 3.8) is 0 Å². The second-order valence-electron chi connectivity index (χ2n) is 6.01. The molecular formula is C22H21FN2O2. The summed E-state index contributed by atoms with van der Waals surface area (Å²) in [6.07, 6.45) is 0.201. The molecule has 0 fully saturated rings. The number of benzene rings is 3. The number of rotatable bonds is 7. The zero-order valence-corrected chi connectivity index (χ0v) is 15.0. The quantitative estimate of drug-likeness (QED) is 0.610. The van der Waals surface area contributed by atoms with Gasteiger partial charge in [-0.1, -0.05) is 12.1 Å². The molecule has 0 radical (unpaired) electrons. The lowest BCUT2D eigenvalue weighted by Gasteiger charge is -2.10. The van der Waals surface area contributed by atoms with Gasteiger partial charge in [0.25, 0.3) is 0 Å². The van der Waals surface area contributed by atoms with Gasteiger partial charge in [0.15, 0.2) is 0 Å². The maximum Gasteiger partial charge on any atom is 0.228 e. The monoisotopic (exact) mass is 364 g/mol. The molecule has 138 valence electrons. The van der Waals surface area contributed by atoms with E-state index in [-0.39, 0.29) is 18.1 Å². The molecule has 0 saturated heterocycles. The van der Waals surface area contributed by atoms with Gasteiger partial charge in [-0.2, -0.15) is 0 Å². The van der Waals surface area contributed by atoms with Crippen LogP contribution in [0.1, 0.15) is 12.5 Å². The Bertz CT molecular complexity index is 876. The van der Waals surface area contributed by atoms with Crippen LogP contribution in [0.4, 0.5) is 21.5 Å². The topological polar surface area (TPSA) is 50.4 Å². The zero-order chi connectivity index (χ0) is 19.1. The van der Waals surface area contributed by atoms with E-state index in [1.165, 1.54) is 12.1 Å². The maximum atomic E-state index is 12.9. The van der Waals surface area contributed by atoms with Crippen molar-refractivity contribution in [2.24, 2.45) is 0 Å². The van der Waals surface area contributed by atoms with Crippen molar-refractivity contribution in [1.29, 1.82) is 0 Å². The van der Waals surface area contributed by atoms with Crippen LogP contribution in [0.25, 0.3) is 0 Å². The first kappa shape index (κ1) is 18.5. The number of hydrogen-bond donors (Lipinski definition) is 2. The van der Waals surface area contributed by atoms with Crippen molar-refractivity contribution in [3.05, 3.63) is 84.2 Å². The fraction of sp³-hybridized carbons (Fsp3) is 0.136. The summed E-state index contributed by atoms with van der Waals surface area (Å²) < 4.78 is 18.3. The minimum absolute atomic E-state index is 0.145. The van der Waals surface area contributed by atoms with Crippen LogP contribution in [0, 0.1) is 5.82 Å². The first-order valence-electron chi connectivity index (χ1n) is 8.76. The van der Waals surface area contributed by atoms with Crippen molar-refractivity contribution in [2.45, 2.75) is 13.3 Å². The Hall–Kier alpha value is -3.34. The number of hydrogen-bond acceptors (Lipinski definition) is 3. The highest BCUT2D eigenvalue weighted by Gasteiger charge is 2.05. The van der Waals surface area contributed by atoms with Gasteiger partial charge in [-0.25, -0.2) is 4.39 Å². The molecule has 0 aliphatic rings. The SMILES string of the molecule is CCOc1ccc(Nc2ccc(NC(=O)Cc3ccc(F)cc3)cc2)cc1. The molecule has 0 spiro atoms. The van der Waals surface area contributed by atoms with E-state index in [0.29, 0.717) is 12.3 Å². The first-order chi connectivity index (χ1) is 13.1. The summed E-state index contributed by atoms with van der Waals surface area (Å²) in [6, 6.07) is 21.1. The summed E-state index contributed by atoms with van der Waals surface area (Å²) in [6.45, 7) is 2.59. The van der Waals surface area contributed by atoms with Crippen LogP contribution in [0.15, 0.2) is 72.8 Å². The van der Waals surface area contributed by atoms with E-state index in [1.807, 2.05) is 55.5 Å². The molecule has 0 aromatic heterocycles. The molecular weight excluding hydrogens is 343 g/mol. The summed E-state index contributed by atoms with van der Waals surface area (Å²) in [5.41, 5.74) is 3.34. The largest absolute Gasteiger partial charge is 0.494 e. The van der Waals surface area contributed by atoms with E-state index < -0.39 is 0 Å². The molecule has 0 aliphatic carbocycles. The van der Waals surface area contributed by atoms with Gasteiger partial charge in [0.1, 0.15) is 11.6 Å². The van der Waals surface area contributed by atoms with Gasteiger partial charge in [0, 0.05) is 17.1 Å². The van der Waals surface area contributed by atoms with Crippen LogP contribution < -0.4 is 15.4 Å². The van der Waals surface area contributed by atoms with E-state index >= 15 is 0 Å². The third-order valence-electron chi connectivity index (χ3n) is 3.90. The van der Waals surface area contributed by atoms with Crippen molar-refractivity contribution >= 4 is 23.0 Å². The molecule has 0 bridgehead atoms. The predicted octanol–water partition coefficient (Wildman–Crippen LogP) is 5.15. The number of amides is 1. The third-order valence-corrected chi connectivity index (χ3v) is 3.90. The molecule has 27 heavy (non-hydrogen) atoms. The van der Waals surface area contributed by atoms with Gasteiger partial charge in [-0.15, -0.1) is 0 Å². The molecule has 0 unspecified atom stereocenters. The molecule has 0 heterocycles. The molecule has 3 rings (SSSR count). The van der Waals surface area contributed by atoms with E-state index in [4.69, 9.17) is 4.74 Å². The number of carbonyl (C=O) groups excluding carboxylic acids is 1. The van der Waals surface area contributed by atoms with Gasteiger partial charge in [0.05, 0.1) is 13.0 Å². The molecule has 0 atom stereocenters. The van der Waals surface area contributed by atoms with Crippen LogP contribution in [-0.2, 0) is 11.2 Å². The Morgan fingerprint density at radius 1 is 0.852 bits per heavy atom. The molecule has 5 heteroatoms. The minimum atomic E-state index is -0.310. The summed E-state index contributed by atoms with van der Waals surface area (Å²) in [5, 5.41) is 6.14. The lowest BCUT2D eigenvalue weighted by Crippen LogP contribution is -2.14. The Morgan fingerprint density at radius 3 is 2.00 bits per heavy atom. The first-order valence-corrected chi connectivity index (χ1v) is 8.76. The van der Waals surface area contributed by atoms with Crippen LogP contribution >= 0.6 is 0 Å².